The second-order valence-electron chi connectivity index (χ2n) is 5.22. The van der Waals surface area contributed by atoms with E-state index < -0.39 is 0 Å². The highest BCUT2D eigenvalue weighted by Crippen LogP contribution is 2.22. The van der Waals surface area contributed by atoms with Crippen LogP contribution in [0, 0.1) is 0 Å². The molecule has 106 valence electrons. The molecule has 1 saturated heterocycles. The maximum absolute atomic E-state index is 9.43. The van der Waals surface area contributed by atoms with E-state index in [9.17, 15) is 5.11 Å². The normalized spacial score (nSPS) is 20.1. The van der Waals surface area contributed by atoms with E-state index in [-0.39, 0.29) is 12.6 Å². The Labute approximate surface area is 118 Å². The molecule has 1 fully saturated rings. The Hall–Kier alpha value is -1.72. The van der Waals surface area contributed by atoms with Crippen LogP contribution in [0.5, 0.6) is 0 Å². The highest BCUT2D eigenvalue weighted by atomic mass is 16.5. The van der Waals surface area contributed by atoms with Gasteiger partial charge in [0.1, 0.15) is 5.69 Å². The molecule has 5 heteroatoms. The third-order valence-electron chi connectivity index (χ3n) is 3.85. The van der Waals surface area contributed by atoms with Gasteiger partial charge in [0, 0.05) is 30.1 Å². The molecule has 0 radical (unpaired) electrons. The highest BCUT2D eigenvalue weighted by Gasteiger charge is 2.23. The topological polar surface area (TPSA) is 62.4 Å². The van der Waals surface area contributed by atoms with Gasteiger partial charge in [0.05, 0.1) is 13.2 Å². The van der Waals surface area contributed by atoms with Gasteiger partial charge >= 0.3 is 0 Å². The maximum atomic E-state index is 9.43. The van der Waals surface area contributed by atoms with Crippen LogP contribution in [0.4, 0.5) is 0 Å². The van der Waals surface area contributed by atoms with Crippen molar-refractivity contribution in [2.45, 2.75) is 31.8 Å². The van der Waals surface area contributed by atoms with Gasteiger partial charge in [-0.1, -0.05) is 11.6 Å². The van der Waals surface area contributed by atoms with Crippen LogP contribution in [-0.4, -0.2) is 39.3 Å². The van der Waals surface area contributed by atoms with Crippen LogP contribution in [0.15, 0.2) is 35.1 Å². The monoisotopic (exact) mass is 273 g/mol. The van der Waals surface area contributed by atoms with Gasteiger partial charge in [0.2, 0.25) is 0 Å². The quantitative estimate of drug-likeness (QED) is 0.924. The van der Waals surface area contributed by atoms with Crippen molar-refractivity contribution in [3.63, 3.8) is 0 Å². The standard InChI is InChI=1S/C15H19N3O2/c19-11-13-3-1-2-8-18(13)10-14-9-15(17-20-14)12-4-6-16-7-5-12/h4-7,9,13,19H,1-3,8,10-11H2/t13-/m0/s1. The number of hydrogen-bond acceptors (Lipinski definition) is 5. The van der Waals surface area contributed by atoms with E-state index in [4.69, 9.17) is 4.52 Å². The molecule has 0 saturated carbocycles. The molecule has 1 atom stereocenters. The lowest BCUT2D eigenvalue weighted by atomic mass is 10.0. The van der Waals surface area contributed by atoms with Crippen LogP contribution in [0.25, 0.3) is 11.3 Å². The maximum Gasteiger partial charge on any atom is 0.151 e. The number of aliphatic hydroxyl groups is 1. The van der Waals surface area contributed by atoms with Gasteiger partial charge in [0.25, 0.3) is 0 Å². The molecule has 2 aromatic heterocycles. The Balaban J connectivity index is 1.71. The Morgan fingerprint density at radius 1 is 1.30 bits per heavy atom. The lowest BCUT2D eigenvalue weighted by molar-refractivity contribution is 0.0764. The van der Waals surface area contributed by atoms with Crippen LogP contribution in [0.2, 0.25) is 0 Å². The number of hydrogen-bond donors (Lipinski definition) is 1. The number of nitrogens with zero attached hydrogens (tertiary/aromatic N) is 3. The van der Waals surface area contributed by atoms with Crippen molar-refractivity contribution in [2.75, 3.05) is 13.2 Å². The molecule has 1 N–H and O–H groups in total. The van der Waals surface area contributed by atoms with Crippen molar-refractivity contribution in [3.05, 3.63) is 36.4 Å². The fourth-order valence-corrected chi connectivity index (χ4v) is 2.72. The van der Waals surface area contributed by atoms with Gasteiger partial charge in [-0.2, -0.15) is 0 Å². The first kappa shape index (κ1) is 13.3. The van der Waals surface area contributed by atoms with Gasteiger partial charge in [-0.05, 0) is 31.5 Å². The number of rotatable bonds is 4. The summed E-state index contributed by atoms with van der Waals surface area (Å²) < 4.78 is 5.42. The Kier molecular flexibility index (Phi) is 4.08. The van der Waals surface area contributed by atoms with Gasteiger partial charge in [-0.15, -0.1) is 0 Å². The minimum atomic E-state index is 0.214. The average molecular weight is 273 g/mol. The third kappa shape index (κ3) is 2.89. The van der Waals surface area contributed by atoms with E-state index >= 15 is 0 Å². The van der Waals surface area contributed by atoms with E-state index in [0.717, 1.165) is 30.0 Å². The summed E-state index contributed by atoms with van der Waals surface area (Å²) in [7, 11) is 0. The van der Waals surface area contributed by atoms with E-state index in [2.05, 4.69) is 15.0 Å². The number of likely N-dealkylation sites (tertiary alicyclic amines) is 1. The van der Waals surface area contributed by atoms with Crippen molar-refractivity contribution in [1.29, 1.82) is 0 Å². The fraction of sp³-hybridized carbons (Fsp3) is 0.467. The van der Waals surface area contributed by atoms with Gasteiger partial charge < -0.3 is 9.63 Å². The summed E-state index contributed by atoms with van der Waals surface area (Å²) >= 11 is 0. The van der Waals surface area contributed by atoms with Crippen LogP contribution in [0.1, 0.15) is 25.0 Å². The van der Waals surface area contributed by atoms with Crippen molar-refractivity contribution < 1.29 is 9.63 Å². The average Bonchev–Trinajstić information content (AvgIpc) is 2.97. The zero-order valence-corrected chi connectivity index (χ0v) is 11.4. The molecule has 3 rings (SSSR count). The SMILES string of the molecule is OC[C@@H]1CCCCN1Cc1cc(-c2ccncc2)no1. The molecular weight excluding hydrogens is 254 g/mol. The van der Waals surface area contributed by atoms with Crippen LogP contribution >= 0.6 is 0 Å². The summed E-state index contributed by atoms with van der Waals surface area (Å²) in [5.41, 5.74) is 1.84. The molecule has 0 bridgehead atoms. The summed E-state index contributed by atoms with van der Waals surface area (Å²) in [4.78, 5) is 6.28. The van der Waals surface area contributed by atoms with Crippen molar-refractivity contribution >= 4 is 0 Å². The zero-order chi connectivity index (χ0) is 13.8. The molecule has 20 heavy (non-hydrogen) atoms. The minimum Gasteiger partial charge on any atom is -0.395 e. The largest absolute Gasteiger partial charge is 0.395 e. The lowest BCUT2D eigenvalue weighted by Crippen LogP contribution is -2.41. The minimum absolute atomic E-state index is 0.214. The molecule has 3 heterocycles. The van der Waals surface area contributed by atoms with E-state index in [1.165, 1.54) is 12.8 Å². The third-order valence-corrected chi connectivity index (χ3v) is 3.85. The summed E-state index contributed by atoms with van der Waals surface area (Å²) in [6, 6.07) is 6.05. The van der Waals surface area contributed by atoms with E-state index in [1.54, 1.807) is 12.4 Å². The van der Waals surface area contributed by atoms with E-state index in [1.807, 2.05) is 18.2 Å². The first-order chi connectivity index (χ1) is 9.86. The molecule has 0 aromatic carbocycles. The first-order valence-corrected chi connectivity index (χ1v) is 7.08. The van der Waals surface area contributed by atoms with Crippen molar-refractivity contribution in [1.82, 2.24) is 15.0 Å². The number of pyridine rings is 1. The number of piperidine rings is 1. The van der Waals surface area contributed by atoms with E-state index in [0.29, 0.717) is 6.54 Å². The molecule has 2 aromatic rings. The van der Waals surface area contributed by atoms with Gasteiger partial charge in [0.15, 0.2) is 5.76 Å². The summed E-state index contributed by atoms with van der Waals surface area (Å²) in [5, 5.41) is 13.5. The Bertz CT molecular complexity index is 541. The van der Waals surface area contributed by atoms with Crippen molar-refractivity contribution in [3.8, 4) is 11.3 Å². The molecule has 0 spiro atoms. The zero-order valence-electron chi connectivity index (χ0n) is 11.4. The molecule has 1 aliphatic heterocycles. The summed E-state index contributed by atoms with van der Waals surface area (Å²) in [5.74, 6) is 0.845. The van der Waals surface area contributed by atoms with Crippen LogP contribution < -0.4 is 0 Å². The highest BCUT2D eigenvalue weighted by molar-refractivity contribution is 5.57. The Morgan fingerprint density at radius 3 is 2.95 bits per heavy atom. The van der Waals surface area contributed by atoms with Gasteiger partial charge in [-0.25, -0.2) is 0 Å². The lowest BCUT2D eigenvalue weighted by Gasteiger charge is -2.33. The fourth-order valence-electron chi connectivity index (χ4n) is 2.72. The molecule has 5 nitrogen and oxygen atoms in total. The molecular formula is C15H19N3O2. The van der Waals surface area contributed by atoms with Crippen LogP contribution in [-0.2, 0) is 6.54 Å². The number of aliphatic hydroxyl groups excluding tert-OH is 1. The molecule has 0 unspecified atom stereocenters. The second-order valence-corrected chi connectivity index (χ2v) is 5.22. The molecule has 0 aliphatic carbocycles. The van der Waals surface area contributed by atoms with Gasteiger partial charge in [-0.3, -0.25) is 9.88 Å². The first-order valence-electron chi connectivity index (χ1n) is 7.08. The Morgan fingerprint density at radius 2 is 2.15 bits per heavy atom. The smallest absolute Gasteiger partial charge is 0.151 e. The van der Waals surface area contributed by atoms with Crippen LogP contribution in [0.3, 0.4) is 0 Å². The number of aromatic nitrogens is 2. The summed E-state index contributed by atoms with van der Waals surface area (Å²) in [6.07, 6.45) is 6.93. The molecule has 1 aliphatic rings. The second kappa shape index (κ2) is 6.15. The predicted octanol–water partition coefficient (Wildman–Crippen LogP) is 2.08. The molecule has 0 amide bonds. The predicted molar refractivity (Wildman–Crippen MR) is 74.9 cm³/mol. The van der Waals surface area contributed by atoms with Crippen molar-refractivity contribution in [2.24, 2.45) is 0 Å². The summed E-state index contributed by atoms with van der Waals surface area (Å²) in [6.45, 7) is 1.94.